The molecule has 1 amide bonds. The van der Waals surface area contributed by atoms with Gasteiger partial charge in [-0.1, -0.05) is 44.6 Å². The third-order valence-corrected chi connectivity index (χ3v) is 3.28. The third kappa shape index (κ3) is 3.81. The van der Waals surface area contributed by atoms with Crippen LogP contribution in [0.3, 0.4) is 0 Å². The number of thiocarbonyl (C=S) groups is 1. The van der Waals surface area contributed by atoms with Crippen LogP contribution in [0.4, 0.5) is 0 Å². The van der Waals surface area contributed by atoms with E-state index in [1.165, 1.54) is 0 Å². The van der Waals surface area contributed by atoms with E-state index in [1.54, 1.807) is 29.2 Å². The van der Waals surface area contributed by atoms with Crippen molar-refractivity contribution in [3.8, 4) is 0 Å². The van der Waals surface area contributed by atoms with Crippen LogP contribution in [0, 0.1) is 5.92 Å². The minimum atomic E-state index is 0.0322. The highest BCUT2D eigenvalue weighted by molar-refractivity contribution is 7.80. The Bertz CT molecular complexity index is 428. The van der Waals surface area contributed by atoms with Gasteiger partial charge in [-0.2, -0.15) is 0 Å². The van der Waals surface area contributed by atoms with Crippen LogP contribution >= 0.6 is 12.2 Å². The maximum Gasteiger partial charge on any atom is 0.253 e. The molecule has 0 heterocycles. The van der Waals surface area contributed by atoms with Gasteiger partial charge in [0.25, 0.3) is 5.91 Å². The molecule has 0 aromatic heterocycles. The number of nitrogens with two attached hydrogens (primary N) is 1. The van der Waals surface area contributed by atoms with E-state index in [0.717, 1.165) is 18.5 Å². The first-order chi connectivity index (χ1) is 8.45. The molecule has 0 aliphatic heterocycles. The molecule has 1 unspecified atom stereocenters. The van der Waals surface area contributed by atoms with Crippen molar-refractivity contribution in [2.45, 2.75) is 20.3 Å². The minimum absolute atomic E-state index is 0.0322. The number of hydrogen-bond donors (Lipinski definition) is 1. The summed E-state index contributed by atoms with van der Waals surface area (Å²) in [5.41, 5.74) is 6.97. The Hall–Kier alpha value is -1.42. The number of amides is 1. The molecular weight excluding hydrogens is 244 g/mol. The summed E-state index contributed by atoms with van der Waals surface area (Å²) in [7, 11) is 1.83. The summed E-state index contributed by atoms with van der Waals surface area (Å²) in [6, 6.07) is 7.10. The molecule has 0 spiro atoms. The van der Waals surface area contributed by atoms with Gasteiger partial charge in [0, 0.05) is 24.7 Å². The summed E-state index contributed by atoms with van der Waals surface area (Å²) in [5.74, 6) is 0.541. The van der Waals surface area contributed by atoms with Crippen LogP contribution in [0.5, 0.6) is 0 Å². The normalized spacial score (nSPS) is 11.9. The highest BCUT2D eigenvalue weighted by Gasteiger charge is 2.13. The number of nitrogens with zero attached hydrogens (tertiary/aromatic N) is 1. The van der Waals surface area contributed by atoms with Gasteiger partial charge in [0.1, 0.15) is 4.99 Å². The van der Waals surface area contributed by atoms with Gasteiger partial charge >= 0.3 is 0 Å². The van der Waals surface area contributed by atoms with Crippen LogP contribution in [0.15, 0.2) is 24.3 Å². The number of hydrogen-bond acceptors (Lipinski definition) is 2. The first-order valence-electron chi connectivity index (χ1n) is 6.11. The predicted molar refractivity (Wildman–Crippen MR) is 78.7 cm³/mol. The molecule has 3 nitrogen and oxygen atoms in total. The Morgan fingerprint density at radius 2 is 1.83 bits per heavy atom. The van der Waals surface area contributed by atoms with Gasteiger partial charge in [-0.15, -0.1) is 0 Å². The fraction of sp³-hybridized carbons (Fsp3) is 0.429. The summed E-state index contributed by atoms with van der Waals surface area (Å²) in [6.07, 6.45) is 1.07. The molecule has 0 radical (unpaired) electrons. The topological polar surface area (TPSA) is 46.3 Å². The van der Waals surface area contributed by atoms with E-state index >= 15 is 0 Å². The molecule has 1 aromatic carbocycles. The lowest BCUT2D eigenvalue weighted by atomic mass is 10.1. The van der Waals surface area contributed by atoms with E-state index in [9.17, 15) is 4.79 Å². The second-order valence-electron chi connectivity index (χ2n) is 4.64. The van der Waals surface area contributed by atoms with Crippen molar-refractivity contribution in [2.24, 2.45) is 11.7 Å². The fourth-order valence-electron chi connectivity index (χ4n) is 1.68. The summed E-state index contributed by atoms with van der Waals surface area (Å²) in [6.45, 7) is 5.03. The van der Waals surface area contributed by atoms with E-state index in [4.69, 9.17) is 18.0 Å². The summed E-state index contributed by atoms with van der Waals surface area (Å²) >= 11 is 4.88. The number of carbonyl (C=O) groups is 1. The van der Waals surface area contributed by atoms with Gasteiger partial charge in [-0.05, 0) is 18.1 Å². The molecule has 18 heavy (non-hydrogen) atoms. The van der Waals surface area contributed by atoms with E-state index < -0.39 is 0 Å². The minimum Gasteiger partial charge on any atom is -0.389 e. The van der Waals surface area contributed by atoms with Crippen molar-refractivity contribution in [1.82, 2.24) is 4.90 Å². The Kier molecular flexibility index (Phi) is 5.28. The molecule has 4 heteroatoms. The lowest BCUT2D eigenvalue weighted by Gasteiger charge is -2.20. The fourth-order valence-corrected chi connectivity index (χ4v) is 1.81. The number of benzene rings is 1. The first kappa shape index (κ1) is 14.6. The van der Waals surface area contributed by atoms with Crippen molar-refractivity contribution < 1.29 is 4.79 Å². The monoisotopic (exact) mass is 264 g/mol. The van der Waals surface area contributed by atoms with Crippen LogP contribution in [0.1, 0.15) is 36.2 Å². The van der Waals surface area contributed by atoms with Crippen LogP contribution in [-0.4, -0.2) is 29.4 Å². The molecule has 0 aliphatic carbocycles. The largest absolute Gasteiger partial charge is 0.389 e. The lowest BCUT2D eigenvalue weighted by molar-refractivity contribution is 0.0775. The zero-order valence-electron chi connectivity index (χ0n) is 11.1. The van der Waals surface area contributed by atoms with Gasteiger partial charge in [-0.3, -0.25) is 4.79 Å². The highest BCUT2D eigenvalue weighted by Crippen LogP contribution is 2.09. The van der Waals surface area contributed by atoms with Crippen molar-refractivity contribution >= 4 is 23.1 Å². The number of carbonyl (C=O) groups excluding carboxylic acids is 1. The summed E-state index contributed by atoms with van der Waals surface area (Å²) < 4.78 is 0. The maximum atomic E-state index is 12.1. The molecule has 0 saturated heterocycles. The second kappa shape index (κ2) is 6.50. The van der Waals surface area contributed by atoms with Crippen molar-refractivity contribution in [3.63, 3.8) is 0 Å². The van der Waals surface area contributed by atoms with E-state index in [-0.39, 0.29) is 5.91 Å². The van der Waals surface area contributed by atoms with Gasteiger partial charge < -0.3 is 10.6 Å². The SMILES string of the molecule is CCC(C)CN(C)C(=O)c1ccc(C(N)=S)cc1. The molecule has 0 fully saturated rings. The average Bonchev–Trinajstić information content (AvgIpc) is 2.37. The van der Waals surface area contributed by atoms with Crippen LogP contribution < -0.4 is 5.73 Å². The second-order valence-corrected chi connectivity index (χ2v) is 5.08. The standard InChI is InChI=1S/C14H20N2OS/c1-4-10(2)9-16(3)14(17)12-7-5-11(6-8-12)13(15)18/h5-8,10H,4,9H2,1-3H3,(H2,15,18). The predicted octanol–water partition coefficient (Wildman–Crippen LogP) is 2.44. The maximum absolute atomic E-state index is 12.1. The smallest absolute Gasteiger partial charge is 0.253 e. The zero-order valence-corrected chi connectivity index (χ0v) is 12.0. The molecule has 1 atom stereocenters. The molecule has 0 bridgehead atoms. The van der Waals surface area contributed by atoms with Gasteiger partial charge in [0.2, 0.25) is 0 Å². The van der Waals surface area contributed by atoms with E-state index in [1.807, 2.05) is 7.05 Å². The highest BCUT2D eigenvalue weighted by atomic mass is 32.1. The Morgan fingerprint density at radius 1 is 1.33 bits per heavy atom. The Labute approximate surface area is 114 Å². The molecule has 0 saturated carbocycles. The Balaban J connectivity index is 2.74. The molecular formula is C14H20N2OS. The quantitative estimate of drug-likeness (QED) is 0.831. The molecule has 1 rings (SSSR count). The van der Waals surface area contributed by atoms with Gasteiger partial charge in [0.05, 0.1) is 0 Å². The third-order valence-electron chi connectivity index (χ3n) is 3.05. The molecule has 1 aromatic rings. The summed E-state index contributed by atoms with van der Waals surface area (Å²) in [4.78, 5) is 14.2. The van der Waals surface area contributed by atoms with Crippen molar-refractivity contribution in [2.75, 3.05) is 13.6 Å². The van der Waals surface area contributed by atoms with Crippen LogP contribution in [-0.2, 0) is 0 Å². The molecule has 2 N–H and O–H groups in total. The van der Waals surface area contributed by atoms with Crippen LogP contribution in [0.2, 0.25) is 0 Å². The van der Waals surface area contributed by atoms with Crippen LogP contribution in [0.25, 0.3) is 0 Å². The summed E-state index contributed by atoms with van der Waals surface area (Å²) in [5, 5.41) is 0. The average molecular weight is 264 g/mol. The van der Waals surface area contributed by atoms with Gasteiger partial charge in [0.15, 0.2) is 0 Å². The van der Waals surface area contributed by atoms with Crippen molar-refractivity contribution in [3.05, 3.63) is 35.4 Å². The molecule has 0 aliphatic rings. The number of rotatable bonds is 5. The zero-order chi connectivity index (χ0) is 13.7. The van der Waals surface area contributed by atoms with Crippen molar-refractivity contribution in [1.29, 1.82) is 0 Å². The van der Waals surface area contributed by atoms with E-state index in [2.05, 4.69) is 13.8 Å². The van der Waals surface area contributed by atoms with Gasteiger partial charge in [-0.25, -0.2) is 0 Å². The molecule has 98 valence electrons. The lowest BCUT2D eigenvalue weighted by Crippen LogP contribution is -2.30. The van der Waals surface area contributed by atoms with E-state index in [0.29, 0.717) is 16.5 Å². The first-order valence-corrected chi connectivity index (χ1v) is 6.51. The Morgan fingerprint density at radius 3 is 2.28 bits per heavy atom.